The van der Waals surface area contributed by atoms with Gasteiger partial charge in [-0.2, -0.15) is 0 Å². The molecule has 4 heteroatoms. The summed E-state index contributed by atoms with van der Waals surface area (Å²) in [7, 11) is 1.57. The maximum Gasteiger partial charge on any atom is 0.212 e. The summed E-state index contributed by atoms with van der Waals surface area (Å²) in [5, 5.41) is 11.4. The predicted molar refractivity (Wildman–Crippen MR) is 81.2 cm³/mol. The third-order valence-electron chi connectivity index (χ3n) is 3.41. The number of benzene rings is 1. The zero-order chi connectivity index (χ0) is 14.7. The van der Waals surface area contributed by atoms with Gasteiger partial charge in [-0.1, -0.05) is 24.3 Å². The fourth-order valence-corrected chi connectivity index (χ4v) is 2.25. The van der Waals surface area contributed by atoms with E-state index in [1.165, 1.54) is 0 Å². The van der Waals surface area contributed by atoms with Gasteiger partial charge >= 0.3 is 0 Å². The number of para-hydroxylation sites is 1. The molecule has 1 atom stereocenters. The first-order valence-electron chi connectivity index (χ1n) is 6.79. The topological polar surface area (TPSA) is 55.2 Å². The fourth-order valence-electron chi connectivity index (χ4n) is 2.25. The van der Waals surface area contributed by atoms with E-state index in [2.05, 4.69) is 9.97 Å². The number of hydrogen-bond acceptors (Lipinski definition) is 4. The average molecular weight is 280 g/mol. The number of methoxy groups -OCH3 is 1. The highest BCUT2D eigenvalue weighted by Gasteiger charge is 2.10. The minimum Gasteiger partial charge on any atom is -0.481 e. The molecule has 3 rings (SSSR count). The zero-order valence-corrected chi connectivity index (χ0v) is 11.7. The Bertz CT molecular complexity index is 741. The SMILES string of the molecule is COc1ccc(C(O)Cc2ccc3ccccc3n2)cn1. The number of rotatable bonds is 4. The molecule has 21 heavy (non-hydrogen) atoms. The number of hydrogen-bond donors (Lipinski definition) is 1. The quantitative estimate of drug-likeness (QED) is 0.798. The second kappa shape index (κ2) is 5.89. The van der Waals surface area contributed by atoms with Crippen LogP contribution in [0.1, 0.15) is 17.4 Å². The van der Waals surface area contributed by atoms with E-state index in [0.29, 0.717) is 12.3 Å². The van der Waals surface area contributed by atoms with Crippen LogP contribution in [0.15, 0.2) is 54.7 Å². The van der Waals surface area contributed by atoms with Crippen LogP contribution in [0, 0.1) is 0 Å². The van der Waals surface area contributed by atoms with E-state index in [-0.39, 0.29) is 0 Å². The van der Waals surface area contributed by atoms with Gasteiger partial charge in [-0.25, -0.2) is 4.98 Å². The lowest BCUT2D eigenvalue weighted by Gasteiger charge is -2.11. The molecule has 4 nitrogen and oxygen atoms in total. The third kappa shape index (κ3) is 3.01. The Balaban J connectivity index is 1.79. The number of aromatic nitrogens is 2. The molecule has 0 fully saturated rings. The number of fused-ring (bicyclic) bond motifs is 1. The van der Waals surface area contributed by atoms with Crippen LogP contribution < -0.4 is 4.74 Å². The maximum atomic E-state index is 10.3. The van der Waals surface area contributed by atoms with Gasteiger partial charge in [0.05, 0.1) is 18.7 Å². The summed E-state index contributed by atoms with van der Waals surface area (Å²) in [4.78, 5) is 8.68. The summed E-state index contributed by atoms with van der Waals surface area (Å²) in [5.41, 5.74) is 2.55. The second-order valence-electron chi connectivity index (χ2n) is 4.85. The van der Waals surface area contributed by atoms with E-state index in [9.17, 15) is 5.11 Å². The van der Waals surface area contributed by atoms with Crippen molar-refractivity contribution in [2.75, 3.05) is 7.11 Å². The van der Waals surface area contributed by atoms with Crippen LogP contribution in [0.5, 0.6) is 5.88 Å². The number of ether oxygens (including phenoxy) is 1. The Kier molecular flexibility index (Phi) is 3.79. The van der Waals surface area contributed by atoms with E-state index in [1.54, 1.807) is 19.4 Å². The van der Waals surface area contributed by atoms with Crippen LogP contribution in [0.2, 0.25) is 0 Å². The third-order valence-corrected chi connectivity index (χ3v) is 3.41. The molecule has 0 saturated heterocycles. The standard InChI is InChI=1S/C17H16N2O2/c1-21-17-9-7-13(11-18-17)16(20)10-14-8-6-12-4-2-3-5-15(12)19-14/h2-9,11,16,20H,10H2,1H3. The van der Waals surface area contributed by atoms with Crippen LogP contribution in [0.3, 0.4) is 0 Å². The number of nitrogens with zero attached hydrogens (tertiary/aromatic N) is 2. The molecule has 0 saturated carbocycles. The van der Waals surface area contributed by atoms with E-state index >= 15 is 0 Å². The normalized spacial score (nSPS) is 12.3. The van der Waals surface area contributed by atoms with Crippen LogP contribution >= 0.6 is 0 Å². The van der Waals surface area contributed by atoms with Gasteiger partial charge in [0.2, 0.25) is 5.88 Å². The van der Waals surface area contributed by atoms with Crippen LogP contribution in [0.25, 0.3) is 10.9 Å². The summed E-state index contributed by atoms with van der Waals surface area (Å²) in [6.07, 6.45) is 1.46. The van der Waals surface area contributed by atoms with Crippen molar-refractivity contribution in [2.45, 2.75) is 12.5 Å². The highest BCUT2D eigenvalue weighted by Crippen LogP contribution is 2.20. The Morgan fingerprint density at radius 2 is 1.95 bits per heavy atom. The highest BCUT2D eigenvalue weighted by molar-refractivity contribution is 5.78. The molecule has 1 aromatic carbocycles. The molecule has 0 amide bonds. The first-order valence-corrected chi connectivity index (χ1v) is 6.79. The summed E-state index contributed by atoms with van der Waals surface area (Å²) < 4.78 is 5.01. The molecule has 0 radical (unpaired) electrons. The van der Waals surface area contributed by atoms with Gasteiger partial charge in [-0.05, 0) is 23.8 Å². The smallest absolute Gasteiger partial charge is 0.212 e. The van der Waals surface area contributed by atoms with Gasteiger partial charge in [-0.15, -0.1) is 0 Å². The van der Waals surface area contributed by atoms with Crippen LogP contribution in [0.4, 0.5) is 0 Å². The monoisotopic (exact) mass is 280 g/mol. The number of aliphatic hydroxyl groups is 1. The lowest BCUT2D eigenvalue weighted by atomic mass is 10.1. The second-order valence-corrected chi connectivity index (χ2v) is 4.85. The molecular weight excluding hydrogens is 264 g/mol. The van der Waals surface area contributed by atoms with Gasteiger partial charge in [0, 0.05) is 29.8 Å². The average Bonchev–Trinajstić information content (AvgIpc) is 2.55. The highest BCUT2D eigenvalue weighted by atomic mass is 16.5. The lowest BCUT2D eigenvalue weighted by molar-refractivity contribution is 0.176. The van der Waals surface area contributed by atoms with Crippen molar-refractivity contribution in [1.29, 1.82) is 0 Å². The summed E-state index contributed by atoms with van der Waals surface area (Å²) in [5.74, 6) is 0.537. The fraction of sp³-hybridized carbons (Fsp3) is 0.176. The minimum absolute atomic E-state index is 0.457. The molecule has 2 aromatic heterocycles. The van der Waals surface area contributed by atoms with Gasteiger partial charge in [0.1, 0.15) is 0 Å². The van der Waals surface area contributed by atoms with E-state index < -0.39 is 6.10 Å². The van der Waals surface area contributed by atoms with E-state index in [0.717, 1.165) is 22.2 Å². The molecule has 3 aromatic rings. The minimum atomic E-state index is -0.628. The first kappa shape index (κ1) is 13.5. The van der Waals surface area contributed by atoms with E-state index in [1.807, 2.05) is 42.5 Å². The van der Waals surface area contributed by atoms with Gasteiger partial charge < -0.3 is 9.84 Å². The Morgan fingerprint density at radius 1 is 1.10 bits per heavy atom. The Hall–Kier alpha value is -2.46. The molecule has 0 aliphatic heterocycles. The summed E-state index contributed by atoms with van der Waals surface area (Å²) >= 11 is 0. The lowest BCUT2D eigenvalue weighted by Crippen LogP contribution is -2.04. The number of aliphatic hydroxyl groups excluding tert-OH is 1. The number of pyridine rings is 2. The van der Waals surface area contributed by atoms with Crippen molar-refractivity contribution in [1.82, 2.24) is 9.97 Å². The van der Waals surface area contributed by atoms with Crippen molar-refractivity contribution < 1.29 is 9.84 Å². The predicted octanol–water partition coefficient (Wildman–Crippen LogP) is 2.91. The van der Waals surface area contributed by atoms with Crippen molar-refractivity contribution in [3.05, 3.63) is 66.0 Å². The van der Waals surface area contributed by atoms with Gasteiger partial charge in [0.15, 0.2) is 0 Å². The van der Waals surface area contributed by atoms with Gasteiger partial charge in [0.25, 0.3) is 0 Å². The summed E-state index contributed by atoms with van der Waals surface area (Å²) in [6.45, 7) is 0. The Labute approximate surface area is 123 Å². The summed E-state index contributed by atoms with van der Waals surface area (Å²) in [6, 6.07) is 15.5. The molecule has 106 valence electrons. The largest absolute Gasteiger partial charge is 0.481 e. The first-order chi connectivity index (χ1) is 10.3. The molecule has 2 heterocycles. The van der Waals surface area contributed by atoms with Gasteiger partial charge in [-0.3, -0.25) is 4.98 Å². The van der Waals surface area contributed by atoms with Crippen molar-refractivity contribution in [3.63, 3.8) is 0 Å². The van der Waals surface area contributed by atoms with Crippen molar-refractivity contribution in [3.8, 4) is 5.88 Å². The molecule has 0 aliphatic rings. The molecule has 1 unspecified atom stereocenters. The van der Waals surface area contributed by atoms with E-state index in [4.69, 9.17) is 4.74 Å². The molecule has 1 N–H and O–H groups in total. The van der Waals surface area contributed by atoms with Crippen LogP contribution in [-0.4, -0.2) is 22.2 Å². The van der Waals surface area contributed by atoms with Crippen LogP contribution in [-0.2, 0) is 6.42 Å². The zero-order valence-electron chi connectivity index (χ0n) is 11.7. The Morgan fingerprint density at radius 3 is 2.71 bits per heavy atom. The molecular formula is C17H16N2O2. The molecule has 0 aliphatic carbocycles. The van der Waals surface area contributed by atoms with Crippen molar-refractivity contribution >= 4 is 10.9 Å². The molecule has 0 spiro atoms. The molecule has 0 bridgehead atoms. The maximum absolute atomic E-state index is 10.3. The van der Waals surface area contributed by atoms with Crippen molar-refractivity contribution in [2.24, 2.45) is 0 Å².